The fourth-order valence-electron chi connectivity index (χ4n) is 2.01. The first kappa shape index (κ1) is 17.8. The van der Waals surface area contributed by atoms with Crippen LogP contribution < -0.4 is 5.32 Å². The fraction of sp³-hybridized carbons (Fsp3) is 0.250. The van der Waals surface area contributed by atoms with E-state index in [0.29, 0.717) is 15.6 Å². The van der Waals surface area contributed by atoms with Crippen LogP contribution in [0.15, 0.2) is 18.2 Å². The second kappa shape index (κ2) is 7.34. The van der Waals surface area contributed by atoms with Crippen LogP contribution in [0.2, 0.25) is 10.0 Å². The van der Waals surface area contributed by atoms with Gasteiger partial charge in [0.15, 0.2) is 0 Å². The van der Waals surface area contributed by atoms with Gasteiger partial charge < -0.3 is 10.1 Å². The number of benzene rings is 1. The lowest BCUT2D eigenvalue weighted by molar-refractivity contribution is 0.0527. The predicted octanol–water partition coefficient (Wildman–Crippen LogP) is 5.10. The number of carbonyl (C=O) groups excluding carboxylic acids is 2. The molecular weight excluding hydrogens is 357 g/mol. The second-order valence-electron chi connectivity index (χ2n) is 4.76. The predicted molar refractivity (Wildman–Crippen MR) is 94.2 cm³/mol. The lowest BCUT2D eigenvalue weighted by Crippen LogP contribution is -2.15. The van der Waals surface area contributed by atoms with Crippen LogP contribution in [-0.2, 0) is 4.74 Å². The van der Waals surface area contributed by atoms with Crippen molar-refractivity contribution < 1.29 is 14.3 Å². The van der Waals surface area contributed by atoms with E-state index in [9.17, 15) is 9.59 Å². The Labute approximate surface area is 148 Å². The van der Waals surface area contributed by atoms with Crippen molar-refractivity contribution in [3.05, 3.63) is 49.8 Å². The molecule has 23 heavy (non-hydrogen) atoms. The normalized spacial score (nSPS) is 10.5. The van der Waals surface area contributed by atoms with Crippen LogP contribution in [0.1, 0.15) is 38.1 Å². The molecule has 0 atom stereocenters. The maximum Gasteiger partial charge on any atom is 0.341 e. The average Bonchev–Trinajstić information content (AvgIpc) is 2.76. The van der Waals surface area contributed by atoms with Crippen LogP contribution >= 0.6 is 34.5 Å². The molecule has 1 aromatic heterocycles. The molecule has 1 amide bonds. The van der Waals surface area contributed by atoms with E-state index in [-0.39, 0.29) is 17.2 Å². The quantitative estimate of drug-likeness (QED) is 0.760. The van der Waals surface area contributed by atoms with E-state index in [0.717, 1.165) is 10.4 Å². The molecule has 0 fully saturated rings. The number of esters is 1. The zero-order valence-electron chi connectivity index (χ0n) is 12.8. The van der Waals surface area contributed by atoms with Gasteiger partial charge in [-0.3, -0.25) is 4.79 Å². The molecule has 0 saturated heterocycles. The monoisotopic (exact) mass is 371 g/mol. The van der Waals surface area contributed by atoms with Gasteiger partial charge in [-0.15, -0.1) is 11.3 Å². The van der Waals surface area contributed by atoms with E-state index in [2.05, 4.69) is 5.32 Å². The summed E-state index contributed by atoms with van der Waals surface area (Å²) in [6.45, 7) is 5.70. The first-order valence-electron chi connectivity index (χ1n) is 6.89. The molecule has 0 bridgehead atoms. The highest BCUT2D eigenvalue weighted by Crippen LogP contribution is 2.34. The Hall–Kier alpha value is -1.56. The summed E-state index contributed by atoms with van der Waals surface area (Å²) in [7, 11) is 0. The number of anilines is 1. The van der Waals surface area contributed by atoms with Crippen molar-refractivity contribution in [2.45, 2.75) is 20.8 Å². The number of nitrogens with one attached hydrogen (secondary N) is 1. The number of carbonyl (C=O) groups is 2. The number of hydrogen-bond donors (Lipinski definition) is 1. The Bertz CT molecular complexity index is 771. The minimum atomic E-state index is -0.457. The number of halogens is 2. The summed E-state index contributed by atoms with van der Waals surface area (Å²) in [6.07, 6.45) is 0. The number of ether oxygens (including phenoxy) is 1. The Morgan fingerprint density at radius 3 is 2.61 bits per heavy atom. The number of hydrogen-bond acceptors (Lipinski definition) is 4. The van der Waals surface area contributed by atoms with Gasteiger partial charge in [0.05, 0.1) is 27.8 Å². The Morgan fingerprint density at radius 2 is 1.96 bits per heavy atom. The topological polar surface area (TPSA) is 55.4 Å². The molecule has 0 aliphatic heterocycles. The van der Waals surface area contributed by atoms with Crippen molar-refractivity contribution in [3.63, 3.8) is 0 Å². The molecule has 2 aromatic rings. The van der Waals surface area contributed by atoms with Gasteiger partial charge in [0.25, 0.3) is 5.91 Å². The van der Waals surface area contributed by atoms with E-state index in [1.807, 2.05) is 13.8 Å². The zero-order chi connectivity index (χ0) is 17.1. The number of rotatable bonds is 4. The van der Waals surface area contributed by atoms with Gasteiger partial charge in [-0.25, -0.2) is 4.79 Å². The summed E-state index contributed by atoms with van der Waals surface area (Å²) >= 11 is 13.3. The SMILES string of the molecule is CCOC(=O)c1c(NC(=O)c2cccc(Cl)c2Cl)sc(C)c1C. The molecule has 4 nitrogen and oxygen atoms in total. The minimum absolute atomic E-state index is 0.175. The first-order valence-corrected chi connectivity index (χ1v) is 8.46. The Kier molecular flexibility index (Phi) is 5.68. The number of aryl methyl sites for hydroxylation is 1. The molecule has 0 unspecified atom stereocenters. The third-order valence-corrected chi connectivity index (χ3v) is 5.23. The molecule has 1 N–H and O–H groups in total. The minimum Gasteiger partial charge on any atom is -0.462 e. The first-order chi connectivity index (χ1) is 10.9. The van der Waals surface area contributed by atoms with Crippen molar-refractivity contribution in [2.75, 3.05) is 11.9 Å². The van der Waals surface area contributed by atoms with E-state index < -0.39 is 11.9 Å². The van der Waals surface area contributed by atoms with Crippen molar-refractivity contribution >= 4 is 51.4 Å². The lowest BCUT2D eigenvalue weighted by Gasteiger charge is -2.08. The maximum atomic E-state index is 12.4. The molecule has 7 heteroatoms. The molecule has 0 radical (unpaired) electrons. The average molecular weight is 372 g/mol. The molecule has 0 saturated carbocycles. The van der Waals surface area contributed by atoms with E-state index >= 15 is 0 Å². The van der Waals surface area contributed by atoms with Gasteiger partial charge >= 0.3 is 5.97 Å². The summed E-state index contributed by atoms with van der Waals surface area (Å²) in [5.74, 6) is -0.883. The summed E-state index contributed by atoms with van der Waals surface area (Å²) < 4.78 is 5.06. The van der Waals surface area contributed by atoms with Crippen LogP contribution in [0, 0.1) is 13.8 Å². The van der Waals surface area contributed by atoms with E-state index in [4.69, 9.17) is 27.9 Å². The summed E-state index contributed by atoms with van der Waals surface area (Å²) in [4.78, 5) is 25.5. The van der Waals surface area contributed by atoms with Crippen molar-refractivity contribution in [1.29, 1.82) is 0 Å². The van der Waals surface area contributed by atoms with Crippen LogP contribution in [0.25, 0.3) is 0 Å². The Balaban J connectivity index is 2.37. The van der Waals surface area contributed by atoms with E-state index in [1.54, 1.807) is 25.1 Å². The second-order valence-corrected chi connectivity index (χ2v) is 6.77. The van der Waals surface area contributed by atoms with Gasteiger partial charge in [-0.1, -0.05) is 29.3 Å². The van der Waals surface area contributed by atoms with Crippen LogP contribution in [-0.4, -0.2) is 18.5 Å². The highest BCUT2D eigenvalue weighted by Gasteiger charge is 2.23. The third kappa shape index (κ3) is 3.68. The van der Waals surface area contributed by atoms with E-state index in [1.165, 1.54) is 11.3 Å². The fourth-order valence-corrected chi connectivity index (χ4v) is 3.44. The Morgan fingerprint density at radius 1 is 1.26 bits per heavy atom. The van der Waals surface area contributed by atoms with Gasteiger partial charge in [-0.05, 0) is 38.5 Å². The van der Waals surface area contributed by atoms with Crippen LogP contribution in [0.5, 0.6) is 0 Å². The lowest BCUT2D eigenvalue weighted by atomic mass is 10.1. The zero-order valence-corrected chi connectivity index (χ0v) is 15.2. The molecule has 1 aromatic carbocycles. The molecule has 2 rings (SSSR count). The van der Waals surface area contributed by atoms with Gasteiger partial charge in [0.1, 0.15) is 5.00 Å². The van der Waals surface area contributed by atoms with Crippen LogP contribution in [0.4, 0.5) is 5.00 Å². The van der Waals surface area contributed by atoms with Crippen molar-refractivity contribution in [2.24, 2.45) is 0 Å². The highest BCUT2D eigenvalue weighted by molar-refractivity contribution is 7.16. The summed E-state index contributed by atoms with van der Waals surface area (Å²) in [5, 5.41) is 3.65. The van der Waals surface area contributed by atoms with Crippen molar-refractivity contribution in [3.8, 4) is 0 Å². The van der Waals surface area contributed by atoms with Gasteiger partial charge in [0.2, 0.25) is 0 Å². The van der Waals surface area contributed by atoms with Gasteiger partial charge in [0, 0.05) is 4.88 Å². The largest absolute Gasteiger partial charge is 0.462 e. The molecule has 0 aliphatic carbocycles. The summed E-state index contributed by atoms with van der Waals surface area (Å²) in [6, 6.07) is 4.81. The smallest absolute Gasteiger partial charge is 0.341 e. The molecule has 1 heterocycles. The standard InChI is InChI=1S/C16H15Cl2NO3S/c1-4-22-16(21)12-8(2)9(3)23-15(12)19-14(20)10-6-5-7-11(17)13(10)18/h5-7H,4H2,1-3H3,(H,19,20). The number of amides is 1. The highest BCUT2D eigenvalue weighted by atomic mass is 35.5. The molecular formula is C16H15Cl2NO3S. The van der Waals surface area contributed by atoms with Crippen molar-refractivity contribution in [1.82, 2.24) is 0 Å². The summed E-state index contributed by atoms with van der Waals surface area (Å²) in [5.41, 5.74) is 1.42. The third-order valence-electron chi connectivity index (χ3n) is 3.29. The van der Waals surface area contributed by atoms with Gasteiger partial charge in [-0.2, -0.15) is 0 Å². The maximum absolute atomic E-state index is 12.4. The molecule has 122 valence electrons. The number of thiophene rings is 1. The molecule has 0 aliphatic rings. The van der Waals surface area contributed by atoms with Crippen LogP contribution in [0.3, 0.4) is 0 Å². The molecule has 0 spiro atoms.